The Hall–Kier alpha value is 0.130. The zero-order valence-corrected chi connectivity index (χ0v) is 12.2. The van der Waals surface area contributed by atoms with Gasteiger partial charge >= 0.3 is 101 Å². The normalized spacial score (nSPS) is 14.9. The fourth-order valence-electron chi connectivity index (χ4n) is 1.70. The maximum absolute atomic E-state index is 11.9. The van der Waals surface area contributed by atoms with Crippen LogP contribution in [0.4, 0.5) is 13.2 Å². The van der Waals surface area contributed by atoms with Crippen LogP contribution in [0.15, 0.2) is 0 Å². The first-order valence-electron chi connectivity index (χ1n) is 5.64. The van der Waals surface area contributed by atoms with Crippen molar-refractivity contribution in [3.63, 3.8) is 0 Å². The molecule has 106 valence electrons. The van der Waals surface area contributed by atoms with Gasteiger partial charge in [-0.15, -0.1) is 0 Å². The SMILES string of the molecule is CC[PH](CC)(CC)CS(=O)(=O)NCC(F)(F)F. The van der Waals surface area contributed by atoms with Crippen LogP contribution in [0, 0.1) is 0 Å². The molecule has 0 aliphatic carbocycles. The van der Waals surface area contributed by atoms with Crippen LogP contribution in [0.3, 0.4) is 0 Å². The summed E-state index contributed by atoms with van der Waals surface area (Å²) in [6.45, 7) is 4.27. The zero-order chi connectivity index (χ0) is 13.7. The van der Waals surface area contributed by atoms with Gasteiger partial charge in [-0.3, -0.25) is 0 Å². The molecule has 0 aromatic rings. The molecule has 0 heterocycles. The van der Waals surface area contributed by atoms with E-state index in [2.05, 4.69) is 0 Å². The average Bonchev–Trinajstić information content (AvgIpc) is 2.23. The van der Waals surface area contributed by atoms with Gasteiger partial charge in [0.05, 0.1) is 0 Å². The molecule has 1 N–H and O–H groups in total. The zero-order valence-electron chi connectivity index (χ0n) is 10.4. The van der Waals surface area contributed by atoms with E-state index in [-0.39, 0.29) is 5.49 Å². The summed E-state index contributed by atoms with van der Waals surface area (Å²) in [7, 11) is -5.78. The van der Waals surface area contributed by atoms with Crippen molar-refractivity contribution in [1.29, 1.82) is 0 Å². The molecule has 0 saturated heterocycles. The molecule has 0 rings (SSSR count). The van der Waals surface area contributed by atoms with Gasteiger partial charge < -0.3 is 0 Å². The average molecular weight is 295 g/mol. The van der Waals surface area contributed by atoms with Crippen molar-refractivity contribution in [1.82, 2.24) is 4.72 Å². The standard InChI is InChI=1S/C9H21F3NO2PS/c1-4-16(5-2,6-3)8-17(14,15)13-7-9(10,11)12/h13,16H,4-8H2,1-3H3. The molecule has 0 aliphatic rings. The Kier molecular flexibility index (Phi) is 6.39. The van der Waals surface area contributed by atoms with E-state index in [1.807, 2.05) is 20.8 Å². The van der Waals surface area contributed by atoms with Crippen molar-refractivity contribution >= 4 is 17.3 Å². The number of sulfonamides is 1. The Morgan fingerprint density at radius 1 is 1.06 bits per heavy atom. The van der Waals surface area contributed by atoms with E-state index < -0.39 is 30.0 Å². The van der Waals surface area contributed by atoms with Gasteiger partial charge in [0.1, 0.15) is 0 Å². The van der Waals surface area contributed by atoms with Gasteiger partial charge in [-0.1, -0.05) is 0 Å². The molecular weight excluding hydrogens is 274 g/mol. The summed E-state index contributed by atoms with van der Waals surface area (Å²) in [5.74, 6) is 0. The molecule has 0 radical (unpaired) electrons. The molecule has 17 heavy (non-hydrogen) atoms. The summed E-state index contributed by atoms with van der Waals surface area (Å²) < 4.78 is 60.7. The fourth-order valence-corrected chi connectivity index (χ4v) is 9.67. The maximum atomic E-state index is 11.9. The predicted octanol–water partition coefficient (Wildman–Crippen LogP) is 2.24. The van der Waals surface area contributed by atoms with Gasteiger partial charge in [0.15, 0.2) is 0 Å². The van der Waals surface area contributed by atoms with E-state index in [0.717, 1.165) is 18.5 Å². The first-order chi connectivity index (χ1) is 7.60. The van der Waals surface area contributed by atoms with Crippen molar-refractivity contribution in [3.8, 4) is 0 Å². The van der Waals surface area contributed by atoms with Gasteiger partial charge in [-0.2, -0.15) is 0 Å². The molecule has 0 aromatic heterocycles. The van der Waals surface area contributed by atoms with E-state index in [1.165, 1.54) is 0 Å². The van der Waals surface area contributed by atoms with E-state index >= 15 is 0 Å². The second-order valence-electron chi connectivity index (χ2n) is 4.26. The number of rotatable bonds is 7. The molecule has 0 fully saturated rings. The Bertz CT molecular complexity index is 317. The van der Waals surface area contributed by atoms with Crippen LogP contribution in [-0.2, 0) is 10.0 Å². The van der Waals surface area contributed by atoms with Crippen molar-refractivity contribution in [3.05, 3.63) is 0 Å². The summed E-state index contributed by atoms with van der Waals surface area (Å²) in [4.78, 5) is 0. The molecule has 0 bridgehead atoms. The van der Waals surface area contributed by atoms with Gasteiger partial charge in [-0.05, 0) is 0 Å². The number of hydrogen-bond acceptors (Lipinski definition) is 2. The van der Waals surface area contributed by atoms with E-state index in [4.69, 9.17) is 0 Å². The quantitative estimate of drug-likeness (QED) is 0.732. The molecule has 0 aromatic carbocycles. The second-order valence-corrected chi connectivity index (χ2v) is 12.1. The Morgan fingerprint density at radius 3 is 1.76 bits per heavy atom. The first-order valence-corrected chi connectivity index (χ1v) is 10.1. The summed E-state index contributed by atoms with van der Waals surface area (Å²) in [5.41, 5.74) is -0.112. The van der Waals surface area contributed by atoms with Gasteiger partial charge in [0, 0.05) is 0 Å². The van der Waals surface area contributed by atoms with Gasteiger partial charge in [-0.25, -0.2) is 0 Å². The molecule has 0 spiro atoms. The van der Waals surface area contributed by atoms with Crippen molar-refractivity contribution in [2.45, 2.75) is 26.9 Å². The Morgan fingerprint density at radius 2 is 1.47 bits per heavy atom. The van der Waals surface area contributed by atoms with Gasteiger partial charge in [0.25, 0.3) is 0 Å². The van der Waals surface area contributed by atoms with Crippen LogP contribution in [0.5, 0.6) is 0 Å². The van der Waals surface area contributed by atoms with E-state index in [0.29, 0.717) is 0 Å². The summed E-state index contributed by atoms with van der Waals surface area (Å²) in [5, 5.41) is 0. The predicted molar refractivity (Wildman–Crippen MR) is 67.8 cm³/mol. The third-order valence-electron chi connectivity index (χ3n) is 3.24. The minimum absolute atomic E-state index is 0.112. The van der Waals surface area contributed by atoms with Crippen LogP contribution in [0.25, 0.3) is 0 Å². The summed E-state index contributed by atoms with van der Waals surface area (Å²) in [6.07, 6.45) is -2.19. The first kappa shape index (κ1) is 17.1. The van der Waals surface area contributed by atoms with Crippen molar-refractivity contribution < 1.29 is 21.6 Å². The van der Waals surface area contributed by atoms with Crippen molar-refractivity contribution in [2.75, 3.05) is 30.5 Å². The molecule has 0 saturated carbocycles. The van der Waals surface area contributed by atoms with Crippen LogP contribution < -0.4 is 4.72 Å². The van der Waals surface area contributed by atoms with E-state index in [1.54, 1.807) is 4.72 Å². The van der Waals surface area contributed by atoms with Crippen LogP contribution in [0.2, 0.25) is 0 Å². The third kappa shape index (κ3) is 6.58. The van der Waals surface area contributed by atoms with Gasteiger partial charge in [0.2, 0.25) is 0 Å². The molecule has 3 nitrogen and oxygen atoms in total. The molecule has 0 amide bonds. The van der Waals surface area contributed by atoms with Crippen molar-refractivity contribution in [2.24, 2.45) is 0 Å². The topological polar surface area (TPSA) is 46.2 Å². The molecule has 0 unspecified atom stereocenters. The Labute approximate surface area is 102 Å². The minimum atomic E-state index is -4.50. The monoisotopic (exact) mass is 295 g/mol. The van der Waals surface area contributed by atoms with Crippen LogP contribution >= 0.6 is 7.26 Å². The summed E-state index contributed by atoms with van der Waals surface area (Å²) >= 11 is 0. The Balaban J connectivity index is 4.63. The fraction of sp³-hybridized carbons (Fsp3) is 1.00. The number of halogens is 3. The second kappa shape index (κ2) is 6.34. The number of nitrogens with one attached hydrogen (secondary N) is 1. The summed E-state index contributed by atoms with van der Waals surface area (Å²) in [6, 6.07) is 0. The molecular formula is C9H21F3NO2PS. The van der Waals surface area contributed by atoms with E-state index in [9.17, 15) is 21.6 Å². The molecule has 0 aliphatic heterocycles. The molecule has 0 atom stereocenters. The van der Waals surface area contributed by atoms with Crippen LogP contribution in [0.1, 0.15) is 20.8 Å². The third-order valence-corrected chi connectivity index (χ3v) is 12.3. The number of hydrogen-bond donors (Lipinski definition) is 1. The number of alkyl halides is 3. The molecule has 8 heteroatoms. The van der Waals surface area contributed by atoms with Crippen LogP contribution in [-0.4, -0.2) is 45.1 Å².